The lowest BCUT2D eigenvalue weighted by molar-refractivity contribution is 0.299. The second-order valence-corrected chi connectivity index (χ2v) is 8.75. The highest BCUT2D eigenvalue weighted by Gasteiger charge is 2.18. The highest BCUT2D eigenvalue weighted by molar-refractivity contribution is 6.25. The van der Waals surface area contributed by atoms with E-state index in [2.05, 4.69) is 115 Å². The van der Waals surface area contributed by atoms with Crippen molar-refractivity contribution < 1.29 is 5.11 Å². The number of benzene rings is 6. The van der Waals surface area contributed by atoms with Crippen molar-refractivity contribution in [3.63, 3.8) is 0 Å². The van der Waals surface area contributed by atoms with Gasteiger partial charge in [0.2, 0.25) is 0 Å². The van der Waals surface area contributed by atoms with Gasteiger partial charge in [0.1, 0.15) is 0 Å². The third-order valence-electron chi connectivity index (χ3n) is 6.63. The Labute approximate surface area is 193 Å². The maximum absolute atomic E-state index is 9.32. The molecule has 0 aliphatic rings. The van der Waals surface area contributed by atoms with E-state index in [9.17, 15) is 5.11 Å². The molecule has 0 fully saturated rings. The molecule has 33 heavy (non-hydrogen) atoms. The normalized spacial score (nSPS) is 11.6. The predicted octanol–water partition coefficient (Wildman–Crippen LogP) is 7.90. The molecule has 0 aromatic heterocycles. The van der Waals surface area contributed by atoms with Gasteiger partial charge in [-0.2, -0.15) is 0 Å². The molecular weight excluding hydrogens is 402 g/mol. The molecule has 0 spiro atoms. The zero-order valence-electron chi connectivity index (χ0n) is 18.6. The maximum atomic E-state index is 9.32. The summed E-state index contributed by atoms with van der Waals surface area (Å²) in [5.41, 5.74) is 5.79. The number of hydrogen-bond donors (Lipinski definition) is 1. The third-order valence-corrected chi connectivity index (χ3v) is 6.63. The molecule has 0 unspecified atom stereocenters. The maximum Gasteiger partial charge on any atom is 0.0540 e. The number of rotatable bonds is 5. The van der Waals surface area contributed by atoms with Crippen molar-refractivity contribution in [3.8, 4) is 0 Å². The number of hydrogen-bond acceptors (Lipinski definition) is 2. The fraction of sp³-hybridized carbons (Fsp3) is 0.0968. The Bertz CT molecular complexity index is 1550. The first-order chi connectivity index (χ1) is 16.2. The average Bonchev–Trinajstić information content (AvgIpc) is 2.86. The summed E-state index contributed by atoms with van der Waals surface area (Å²) in [5, 5.41) is 17.0. The molecule has 0 atom stereocenters. The number of aliphatic hydroxyl groups is 1. The van der Waals surface area contributed by atoms with Gasteiger partial charge >= 0.3 is 0 Å². The van der Waals surface area contributed by atoms with Crippen LogP contribution in [0.5, 0.6) is 0 Å². The van der Waals surface area contributed by atoms with Crippen LogP contribution in [0.2, 0.25) is 0 Å². The highest BCUT2D eigenvalue weighted by atomic mass is 16.2. The fourth-order valence-electron chi connectivity index (χ4n) is 4.98. The molecule has 0 aliphatic carbocycles. The molecule has 1 N–H and O–H groups in total. The van der Waals surface area contributed by atoms with Crippen molar-refractivity contribution in [2.75, 3.05) is 11.5 Å². The number of aliphatic hydroxyl groups excluding tert-OH is 1. The minimum atomic E-state index is 0.163. The molecule has 0 bridgehead atoms. The zero-order chi connectivity index (χ0) is 22.4. The summed E-state index contributed by atoms with van der Waals surface area (Å²) >= 11 is 0. The Balaban J connectivity index is 1.63. The quantitative estimate of drug-likeness (QED) is 0.283. The lowest BCUT2D eigenvalue weighted by Gasteiger charge is -2.28. The van der Waals surface area contributed by atoms with Crippen LogP contribution < -0.4 is 4.90 Å². The van der Waals surface area contributed by atoms with Crippen molar-refractivity contribution in [2.45, 2.75) is 13.3 Å². The lowest BCUT2D eigenvalue weighted by Crippen LogP contribution is -2.11. The molecule has 6 aromatic carbocycles. The molecular formula is C31H25NO. The highest BCUT2D eigenvalue weighted by Crippen LogP contribution is 2.43. The summed E-state index contributed by atoms with van der Waals surface area (Å²) in [4.78, 5) is 2.34. The minimum Gasteiger partial charge on any atom is -0.396 e. The van der Waals surface area contributed by atoms with E-state index in [0.717, 1.165) is 16.9 Å². The van der Waals surface area contributed by atoms with E-state index in [1.165, 1.54) is 43.6 Å². The summed E-state index contributed by atoms with van der Waals surface area (Å²) in [6.45, 7) is 2.28. The Hall–Kier alpha value is -3.88. The van der Waals surface area contributed by atoms with Crippen LogP contribution >= 0.6 is 0 Å². The molecule has 0 saturated carbocycles. The van der Waals surface area contributed by atoms with Crippen molar-refractivity contribution >= 4 is 49.4 Å². The second kappa shape index (κ2) is 7.91. The molecule has 6 rings (SSSR count). The van der Waals surface area contributed by atoms with E-state index in [1.807, 2.05) is 0 Å². The van der Waals surface area contributed by atoms with Crippen LogP contribution in [0.3, 0.4) is 0 Å². The first-order valence-electron chi connectivity index (χ1n) is 11.5. The van der Waals surface area contributed by atoms with Crippen LogP contribution in [0.1, 0.15) is 11.1 Å². The largest absolute Gasteiger partial charge is 0.396 e. The average molecular weight is 428 g/mol. The SMILES string of the molecule is Cc1ccc(N(c2ccc(CCO)cc2)c2ccc3ccc4cccc5ccc2c3c45)cc1. The first-order valence-corrected chi connectivity index (χ1v) is 11.5. The molecule has 6 aromatic rings. The van der Waals surface area contributed by atoms with Crippen LogP contribution in [-0.2, 0) is 6.42 Å². The predicted molar refractivity (Wildman–Crippen MR) is 140 cm³/mol. The Morgan fingerprint density at radius 1 is 0.606 bits per heavy atom. The van der Waals surface area contributed by atoms with Gasteiger partial charge in [0.25, 0.3) is 0 Å². The summed E-state index contributed by atoms with van der Waals surface area (Å²) in [7, 11) is 0. The van der Waals surface area contributed by atoms with E-state index in [-0.39, 0.29) is 6.61 Å². The smallest absolute Gasteiger partial charge is 0.0540 e. The molecule has 0 saturated heterocycles. The first kappa shape index (κ1) is 19.8. The van der Waals surface area contributed by atoms with E-state index >= 15 is 0 Å². The number of anilines is 3. The standard InChI is InChI=1S/C31H25NO/c1-21-5-13-26(14-6-21)32(27-15-7-22(8-16-27)19-20-33)29-18-12-25-10-9-23-3-2-4-24-11-17-28(29)31(25)30(23)24/h2-18,33H,19-20H2,1H3. The van der Waals surface area contributed by atoms with Crippen LogP contribution in [-0.4, -0.2) is 11.7 Å². The van der Waals surface area contributed by atoms with Gasteiger partial charge in [-0.25, -0.2) is 0 Å². The van der Waals surface area contributed by atoms with E-state index in [0.29, 0.717) is 6.42 Å². The van der Waals surface area contributed by atoms with Gasteiger partial charge in [-0.3, -0.25) is 0 Å². The molecule has 0 radical (unpaired) electrons. The molecule has 0 aliphatic heterocycles. The second-order valence-electron chi connectivity index (χ2n) is 8.75. The van der Waals surface area contributed by atoms with Crippen LogP contribution in [0.15, 0.2) is 103 Å². The van der Waals surface area contributed by atoms with Gasteiger partial charge in [0.15, 0.2) is 0 Å². The summed E-state index contributed by atoms with van der Waals surface area (Å²) in [6.07, 6.45) is 0.670. The summed E-state index contributed by atoms with van der Waals surface area (Å²) < 4.78 is 0. The van der Waals surface area contributed by atoms with Gasteiger partial charge in [-0.05, 0) is 76.2 Å². The van der Waals surface area contributed by atoms with Gasteiger partial charge in [-0.1, -0.05) is 78.4 Å². The number of nitrogens with zero attached hydrogens (tertiary/aromatic N) is 1. The molecule has 160 valence electrons. The molecule has 2 nitrogen and oxygen atoms in total. The van der Waals surface area contributed by atoms with Crippen LogP contribution in [0.4, 0.5) is 17.1 Å². The van der Waals surface area contributed by atoms with Crippen molar-refractivity contribution in [3.05, 3.63) is 114 Å². The van der Waals surface area contributed by atoms with Crippen molar-refractivity contribution in [1.82, 2.24) is 0 Å². The molecule has 0 amide bonds. The van der Waals surface area contributed by atoms with Gasteiger partial charge < -0.3 is 10.0 Å². The van der Waals surface area contributed by atoms with Gasteiger partial charge in [0, 0.05) is 23.4 Å². The molecule has 2 heteroatoms. The lowest BCUT2D eigenvalue weighted by atomic mass is 9.93. The zero-order valence-corrected chi connectivity index (χ0v) is 18.6. The minimum absolute atomic E-state index is 0.163. The van der Waals surface area contributed by atoms with Crippen molar-refractivity contribution in [2.24, 2.45) is 0 Å². The van der Waals surface area contributed by atoms with Gasteiger partial charge in [-0.15, -0.1) is 0 Å². The van der Waals surface area contributed by atoms with Crippen molar-refractivity contribution in [1.29, 1.82) is 0 Å². The summed E-state index contributed by atoms with van der Waals surface area (Å²) in [5.74, 6) is 0. The third kappa shape index (κ3) is 3.31. The van der Waals surface area contributed by atoms with Crippen LogP contribution in [0.25, 0.3) is 32.3 Å². The Kier molecular flexibility index (Phi) is 4.74. The molecule has 0 heterocycles. The summed E-state index contributed by atoms with van der Waals surface area (Å²) in [6, 6.07) is 37.2. The van der Waals surface area contributed by atoms with E-state index in [1.54, 1.807) is 0 Å². The van der Waals surface area contributed by atoms with E-state index in [4.69, 9.17) is 0 Å². The van der Waals surface area contributed by atoms with E-state index < -0.39 is 0 Å². The Morgan fingerprint density at radius 2 is 1.18 bits per heavy atom. The van der Waals surface area contributed by atoms with Crippen LogP contribution in [0, 0.1) is 6.92 Å². The fourth-order valence-corrected chi connectivity index (χ4v) is 4.98. The Morgan fingerprint density at radius 3 is 1.85 bits per heavy atom. The topological polar surface area (TPSA) is 23.5 Å². The van der Waals surface area contributed by atoms with Gasteiger partial charge in [0.05, 0.1) is 5.69 Å². The number of aryl methyl sites for hydroxylation is 1. The monoisotopic (exact) mass is 427 g/mol.